The Hall–Kier alpha value is -3.28. The summed E-state index contributed by atoms with van der Waals surface area (Å²) < 4.78 is 15.6. The van der Waals surface area contributed by atoms with E-state index in [0.717, 1.165) is 5.56 Å². The van der Waals surface area contributed by atoms with Gasteiger partial charge in [-0.2, -0.15) is 0 Å². The summed E-state index contributed by atoms with van der Waals surface area (Å²) in [6.45, 7) is 4.29. The molecule has 2 aromatic heterocycles. The Morgan fingerprint density at radius 1 is 1.15 bits per heavy atom. The molecule has 4 aromatic rings. The first-order valence-corrected chi connectivity index (χ1v) is 8.80. The maximum absolute atomic E-state index is 13.6. The molecule has 0 aliphatic carbocycles. The van der Waals surface area contributed by atoms with Crippen molar-refractivity contribution in [2.45, 2.75) is 19.9 Å². The molecule has 1 unspecified atom stereocenters. The molecule has 0 fully saturated rings. The molecule has 2 heterocycles. The van der Waals surface area contributed by atoms with Crippen LogP contribution in [0.25, 0.3) is 22.3 Å². The van der Waals surface area contributed by atoms with Crippen molar-refractivity contribution in [2.24, 2.45) is 5.92 Å². The summed E-state index contributed by atoms with van der Waals surface area (Å²) in [5, 5.41) is 0. The Morgan fingerprint density at radius 3 is 2.70 bits per heavy atom. The first-order chi connectivity index (χ1) is 13.0. The van der Waals surface area contributed by atoms with E-state index in [9.17, 15) is 9.18 Å². The summed E-state index contributed by atoms with van der Waals surface area (Å²) in [5.41, 5.74) is 2.71. The predicted octanol–water partition coefficient (Wildman–Crippen LogP) is 4.17. The van der Waals surface area contributed by atoms with Gasteiger partial charge in [-0.05, 0) is 35.7 Å². The van der Waals surface area contributed by atoms with E-state index >= 15 is 0 Å². The van der Waals surface area contributed by atoms with E-state index in [0.29, 0.717) is 22.5 Å². The molecule has 6 heteroatoms. The van der Waals surface area contributed by atoms with Crippen molar-refractivity contribution in [3.05, 3.63) is 82.9 Å². The maximum Gasteiger partial charge on any atom is 0.274 e. The second-order valence-corrected chi connectivity index (χ2v) is 6.90. The van der Waals surface area contributed by atoms with Crippen molar-refractivity contribution in [1.82, 2.24) is 19.5 Å². The summed E-state index contributed by atoms with van der Waals surface area (Å²) in [6.07, 6.45) is 5.49. The molecule has 0 saturated heterocycles. The average molecular weight is 362 g/mol. The molecular formula is C21H19FN4O. The minimum Gasteiger partial charge on any atom is -0.330 e. The van der Waals surface area contributed by atoms with Crippen LogP contribution in [0.2, 0.25) is 0 Å². The molecule has 136 valence electrons. The molecule has 0 radical (unpaired) electrons. The topological polar surface area (TPSA) is 63.6 Å². The van der Waals surface area contributed by atoms with Crippen LogP contribution in [0.5, 0.6) is 0 Å². The number of imidazole rings is 1. The van der Waals surface area contributed by atoms with E-state index in [-0.39, 0.29) is 17.3 Å². The lowest BCUT2D eigenvalue weighted by atomic mass is 9.95. The van der Waals surface area contributed by atoms with Crippen molar-refractivity contribution >= 4 is 11.0 Å². The first kappa shape index (κ1) is 17.1. The third kappa shape index (κ3) is 3.26. The molecule has 4 rings (SSSR count). The van der Waals surface area contributed by atoms with Gasteiger partial charge in [0.15, 0.2) is 0 Å². The Balaban J connectivity index is 1.86. The Labute approximate surface area is 155 Å². The van der Waals surface area contributed by atoms with Gasteiger partial charge in [-0.25, -0.2) is 14.4 Å². The second kappa shape index (κ2) is 6.79. The van der Waals surface area contributed by atoms with Crippen LogP contribution in [-0.2, 0) is 0 Å². The highest BCUT2D eigenvalue weighted by molar-refractivity contribution is 5.78. The molecule has 1 N–H and O–H groups in total. The van der Waals surface area contributed by atoms with Gasteiger partial charge in [0.1, 0.15) is 11.5 Å². The van der Waals surface area contributed by atoms with Crippen LogP contribution >= 0.6 is 0 Å². The standard InChI is InChI=1S/C21H19FN4O/c1-13(2)20(26-9-8-23-12-26)15-6-7-17-18(11-15)24-19(21(27)25-17)14-4-3-5-16(22)10-14/h3-13,20H,1-2H3,(H,25,27). The van der Waals surface area contributed by atoms with Crippen molar-refractivity contribution in [1.29, 1.82) is 0 Å². The molecule has 0 aliphatic heterocycles. The fourth-order valence-corrected chi connectivity index (χ4v) is 3.45. The number of aromatic nitrogens is 4. The summed E-state index contributed by atoms with van der Waals surface area (Å²) in [5.74, 6) is -0.0652. The van der Waals surface area contributed by atoms with Gasteiger partial charge in [0, 0.05) is 18.0 Å². The van der Waals surface area contributed by atoms with Gasteiger partial charge in [0.25, 0.3) is 5.56 Å². The third-order valence-electron chi connectivity index (χ3n) is 4.63. The van der Waals surface area contributed by atoms with Gasteiger partial charge in [-0.3, -0.25) is 4.79 Å². The van der Waals surface area contributed by atoms with Crippen LogP contribution < -0.4 is 5.56 Å². The lowest BCUT2D eigenvalue weighted by molar-refractivity contribution is 0.437. The number of fused-ring (bicyclic) bond motifs is 1. The highest BCUT2D eigenvalue weighted by atomic mass is 19.1. The largest absolute Gasteiger partial charge is 0.330 e. The van der Waals surface area contributed by atoms with Crippen molar-refractivity contribution < 1.29 is 4.39 Å². The molecule has 0 spiro atoms. The second-order valence-electron chi connectivity index (χ2n) is 6.90. The van der Waals surface area contributed by atoms with Gasteiger partial charge in [-0.15, -0.1) is 0 Å². The smallest absolute Gasteiger partial charge is 0.274 e. The Morgan fingerprint density at radius 2 is 2.00 bits per heavy atom. The number of aromatic amines is 1. The Kier molecular flexibility index (Phi) is 4.32. The zero-order valence-electron chi connectivity index (χ0n) is 15.1. The number of nitrogens with zero attached hydrogens (tertiary/aromatic N) is 3. The summed E-state index contributed by atoms with van der Waals surface area (Å²) in [7, 11) is 0. The quantitative estimate of drug-likeness (QED) is 0.593. The number of H-pyrrole nitrogens is 1. The lowest BCUT2D eigenvalue weighted by Crippen LogP contribution is -2.16. The minimum atomic E-state index is -0.400. The summed E-state index contributed by atoms with van der Waals surface area (Å²) >= 11 is 0. The lowest BCUT2D eigenvalue weighted by Gasteiger charge is -2.23. The minimum absolute atomic E-state index is 0.100. The molecular weight excluding hydrogens is 343 g/mol. The number of hydrogen-bond acceptors (Lipinski definition) is 3. The predicted molar refractivity (Wildman–Crippen MR) is 103 cm³/mol. The maximum atomic E-state index is 13.6. The molecule has 2 aromatic carbocycles. The number of nitrogens with one attached hydrogen (secondary N) is 1. The molecule has 0 bridgehead atoms. The van der Waals surface area contributed by atoms with E-state index < -0.39 is 5.82 Å². The van der Waals surface area contributed by atoms with Crippen LogP contribution in [0, 0.1) is 11.7 Å². The van der Waals surface area contributed by atoms with E-state index in [4.69, 9.17) is 0 Å². The first-order valence-electron chi connectivity index (χ1n) is 8.80. The van der Waals surface area contributed by atoms with E-state index in [1.165, 1.54) is 12.1 Å². The van der Waals surface area contributed by atoms with Crippen molar-refractivity contribution in [3.63, 3.8) is 0 Å². The van der Waals surface area contributed by atoms with Crippen LogP contribution in [0.4, 0.5) is 4.39 Å². The Bertz CT molecular complexity index is 1150. The van der Waals surface area contributed by atoms with E-state index in [2.05, 4.69) is 33.4 Å². The molecule has 0 amide bonds. The van der Waals surface area contributed by atoms with Crippen LogP contribution in [0.3, 0.4) is 0 Å². The van der Waals surface area contributed by atoms with Gasteiger partial charge in [0.05, 0.1) is 23.4 Å². The van der Waals surface area contributed by atoms with E-state index in [1.54, 1.807) is 24.7 Å². The fourth-order valence-electron chi connectivity index (χ4n) is 3.45. The number of hydrogen-bond donors (Lipinski definition) is 1. The highest BCUT2D eigenvalue weighted by Crippen LogP contribution is 2.28. The van der Waals surface area contributed by atoms with Gasteiger partial charge in [0.2, 0.25) is 0 Å². The van der Waals surface area contributed by atoms with Crippen LogP contribution in [0.1, 0.15) is 25.5 Å². The number of benzene rings is 2. The number of halogens is 1. The molecule has 27 heavy (non-hydrogen) atoms. The number of rotatable bonds is 4. The monoisotopic (exact) mass is 362 g/mol. The molecule has 1 atom stereocenters. The van der Waals surface area contributed by atoms with Gasteiger partial charge >= 0.3 is 0 Å². The van der Waals surface area contributed by atoms with Crippen molar-refractivity contribution in [2.75, 3.05) is 0 Å². The molecule has 5 nitrogen and oxygen atoms in total. The van der Waals surface area contributed by atoms with E-state index in [1.807, 2.05) is 24.4 Å². The zero-order valence-corrected chi connectivity index (χ0v) is 15.1. The third-order valence-corrected chi connectivity index (χ3v) is 4.63. The van der Waals surface area contributed by atoms with Gasteiger partial charge in [-0.1, -0.05) is 32.0 Å². The molecule has 0 aliphatic rings. The SMILES string of the molecule is CC(C)C(c1ccc2[nH]c(=O)c(-c3cccc(F)c3)nc2c1)n1ccnc1. The van der Waals surface area contributed by atoms with Gasteiger partial charge < -0.3 is 9.55 Å². The average Bonchev–Trinajstić information content (AvgIpc) is 3.15. The zero-order chi connectivity index (χ0) is 19.0. The summed E-state index contributed by atoms with van der Waals surface area (Å²) in [4.78, 5) is 23.9. The fraction of sp³-hybridized carbons (Fsp3) is 0.190. The van der Waals surface area contributed by atoms with Crippen LogP contribution in [-0.4, -0.2) is 19.5 Å². The molecule has 0 saturated carbocycles. The summed E-state index contributed by atoms with van der Waals surface area (Å²) in [6, 6.07) is 11.8. The normalized spacial score (nSPS) is 12.6. The van der Waals surface area contributed by atoms with Crippen molar-refractivity contribution in [3.8, 4) is 11.3 Å². The highest BCUT2D eigenvalue weighted by Gasteiger charge is 2.18. The van der Waals surface area contributed by atoms with Crippen LogP contribution in [0.15, 0.2) is 66.0 Å².